The molecule has 37 heavy (non-hydrogen) atoms. The third-order valence-electron chi connectivity index (χ3n) is 4.99. The van der Waals surface area contributed by atoms with Crippen molar-refractivity contribution in [2.45, 2.75) is 12.8 Å². The van der Waals surface area contributed by atoms with Crippen LogP contribution in [0, 0.1) is 10.1 Å². The Bertz CT molecular complexity index is 1310. The number of esters is 1. The number of ether oxygens (including phenoxy) is 2. The number of non-ortho nitro benzene ring substituents is 1. The highest BCUT2D eigenvalue weighted by Crippen LogP contribution is 2.28. The van der Waals surface area contributed by atoms with Crippen molar-refractivity contribution in [3.05, 3.63) is 99.6 Å². The van der Waals surface area contributed by atoms with Crippen LogP contribution in [0.1, 0.15) is 39.1 Å². The average molecular weight is 504 g/mol. The smallest absolute Gasteiger partial charge is 0.343 e. The van der Waals surface area contributed by atoms with Gasteiger partial charge < -0.3 is 14.8 Å². The van der Waals surface area contributed by atoms with Crippen molar-refractivity contribution in [3.8, 4) is 11.5 Å². The molecule has 190 valence electrons. The molecule has 3 aromatic carbocycles. The van der Waals surface area contributed by atoms with Crippen LogP contribution in [0.5, 0.6) is 11.5 Å². The van der Waals surface area contributed by atoms with Gasteiger partial charge in [-0.1, -0.05) is 24.3 Å². The van der Waals surface area contributed by atoms with Gasteiger partial charge in [-0.05, 0) is 48.4 Å². The van der Waals surface area contributed by atoms with Crippen LogP contribution < -0.4 is 20.2 Å². The molecule has 0 radical (unpaired) electrons. The summed E-state index contributed by atoms with van der Waals surface area (Å²) in [7, 11) is 1.39. The molecule has 0 atom stereocenters. The predicted octanol–water partition coefficient (Wildman–Crippen LogP) is 3.48. The van der Waals surface area contributed by atoms with E-state index in [1.54, 1.807) is 36.4 Å². The van der Waals surface area contributed by atoms with E-state index < -0.39 is 10.9 Å². The van der Waals surface area contributed by atoms with Crippen molar-refractivity contribution in [2.24, 2.45) is 5.10 Å². The van der Waals surface area contributed by atoms with Crippen LogP contribution in [0.4, 0.5) is 5.69 Å². The minimum Gasteiger partial charge on any atom is -0.493 e. The fourth-order valence-corrected chi connectivity index (χ4v) is 3.13. The monoisotopic (exact) mass is 504 g/mol. The Morgan fingerprint density at radius 2 is 1.73 bits per heavy atom. The number of hydrogen-bond acceptors (Lipinski definition) is 8. The Kier molecular flexibility index (Phi) is 9.43. The van der Waals surface area contributed by atoms with Crippen LogP contribution in [0.2, 0.25) is 0 Å². The van der Waals surface area contributed by atoms with E-state index in [0.29, 0.717) is 24.1 Å². The lowest BCUT2D eigenvalue weighted by Crippen LogP contribution is -2.26. The summed E-state index contributed by atoms with van der Waals surface area (Å²) in [6.45, 7) is 0.346. The van der Waals surface area contributed by atoms with Crippen molar-refractivity contribution in [3.63, 3.8) is 0 Å². The largest absolute Gasteiger partial charge is 0.493 e. The average Bonchev–Trinajstić information content (AvgIpc) is 2.92. The minimum atomic E-state index is -0.782. The maximum atomic E-state index is 12.4. The third kappa shape index (κ3) is 7.99. The maximum Gasteiger partial charge on any atom is 0.343 e. The number of hydrazone groups is 1. The lowest BCUT2D eigenvalue weighted by molar-refractivity contribution is -0.384. The summed E-state index contributed by atoms with van der Waals surface area (Å²) in [6.07, 6.45) is 2.00. The van der Waals surface area contributed by atoms with Gasteiger partial charge in [-0.25, -0.2) is 10.2 Å². The fourth-order valence-electron chi connectivity index (χ4n) is 3.13. The second-order valence-corrected chi connectivity index (χ2v) is 7.63. The lowest BCUT2D eigenvalue weighted by Gasteiger charge is -2.10. The number of hydrogen-bond donors (Lipinski definition) is 2. The van der Waals surface area contributed by atoms with E-state index >= 15 is 0 Å². The SMILES string of the molecule is COc1cc(C=NNC(=O)CCCNC(=O)c2ccccc2)ccc1OC(=O)c1cccc([N+](=O)[O-])c1. The molecule has 2 amide bonds. The molecule has 0 unspecified atom stereocenters. The molecule has 0 aliphatic carbocycles. The summed E-state index contributed by atoms with van der Waals surface area (Å²) in [5.74, 6) is -0.969. The molecule has 0 aliphatic rings. The second kappa shape index (κ2) is 13.1. The molecule has 11 nitrogen and oxygen atoms in total. The van der Waals surface area contributed by atoms with Crippen LogP contribution in [-0.2, 0) is 4.79 Å². The van der Waals surface area contributed by atoms with E-state index in [9.17, 15) is 24.5 Å². The van der Waals surface area contributed by atoms with Crippen molar-refractivity contribution in [2.75, 3.05) is 13.7 Å². The third-order valence-corrected chi connectivity index (χ3v) is 4.99. The van der Waals surface area contributed by atoms with E-state index in [-0.39, 0.29) is 41.0 Å². The zero-order valence-electron chi connectivity index (χ0n) is 19.9. The maximum absolute atomic E-state index is 12.4. The molecule has 0 aliphatic heterocycles. The summed E-state index contributed by atoms with van der Waals surface area (Å²) in [5.41, 5.74) is 3.31. The number of nitrogens with zero attached hydrogens (tertiary/aromatic N) is 2. The molecule has 0 bridgehead atoms. The molecule has 0 saturated heterocycles. The van der Waals surface area contributed by atoms with Gasteiger partial charge in [0.2, 0.25) is 5.91 Å². The first-order valence-electron chi connectivity index (χ1n) is 11.2. The molecule has 0 heterocycles. The Morgan fingerprint density at radius 1 is 0.973 bits per heavy atom. The molecule has 0 aromatic heterocycles. The van der Waals surface area contributed by atoms with Gasteiger partial charge in [-0.3, -0.25) is 19.7 Å². The molecule has 0 spiro atoms. The zero-order valence-corrected chi connectivity index (χ0v) is 19.9. The molecule has 11 heteroatoms. The first-order chi connectivity index (χ1) is 17.9. The normalized spacial score (nSPS) is 10.5. The Balaban J connectivity index is 1.48. The van der Waals surface area contributed by atoms with Crippen LogP contribution in [-0.4, -0.2) is 42.6 Å². The highest BCUT2D eigenvalue weighted by atomic mass is 16.6. The Labute approximate surface area is 212 Å². The summed E-state index contributed by atoms with van der Waals surface area (Å²) >= 11 is 0. The highest BCUT2D eigenvalue weighted by Gasteiger charge is 2.16. The van der Waals surface area contributed by atoms with Gasteiger partial charge in [0.15, 0.2) is 11.5 Å². The van der Waals surface area contributed by atoms with Crippen molar-refractivity contribution in [1.82, 2.24) is 10.7 Å². The van der Waals surface area contributed by atoms with Gasteiger partial charge in [-0.15, -0.1) is 0 Å². The standard InChI is InChI=1S/C26H24N4O7/c1-36-23-15-18(12-13-22(23)37-26(33)20-9-5-10-21(16-20)30(34)35)17-28-29-24(31)11-6-14-27-25(32)19-7-3-2-4-8-19/h2-5,7-10,12-13,15-17H,6,11,14H2,1H3,(H,27,32)(H,29,31). The summed E-state index contributed by atoms with van der Waals surface area (Å²) < 4.78 is 10.6. The van der Waals surface area contributed by atoms with E-state index in [0.717, 1.165) is 6.07 Å². The number of benzene rings is 3. The molecule has 0 fully saturated rings. The highest BCUT2D eigenvalue weighted by molar-refractivity contribution is 5.94. The van der Waals surface area contributed by atoms with Gasteiger partial charge >= 0.3 is 5.97 Å². The second-order valence-electron chi connectivity index (χ2n) is 7.63. The molecular weight excluding hydrogens is 480 g/mol. The van der Waals surface area contributed by atoms with Gasteiger partial charge in [-0.2, -0.15) is 5.10 Å². The number of nitro benzene ring substituents is 1. The number of methoxy groups -OCH3 is 1. The van der Waals surface area contributed by atoms with Crippen LogP contribution >= 0.6 is 0 Å². The van der Waals surface area contributed by atoms with E-state index in [4.69, 9.17) is 9.47 Å². The van der Waals surface area contributed by atoms with Crippen LogP contribution in [0.3, 0.4) is 0 Å². The fraction of sp³-hybridized carbons (Fsp3) is 0.154. The van der Waals surface area contributed by atoms with Gasteiger partial charge in [0.05, 0.1) is 23.8 Å². The number of nitrogens with one attached hydrogen (secondary N) is 2. The quantitative estimate of drug-likeness (QED) is 0.101. The topological polar surface area (TPSA) is 149 Å². The molecule has 3 aromatic rings. The Morgan fingerprint density at radius 3 is 2.46 bits per heavy atom. The first-order valence-corrected chi connectivity index (χ1v) is 11.2. The molecule has 0 saturated carbocycles. The van der Waals surface area contributed by atoms with E-state index in [1.807, 2.05) is 6.07 Å². The van der Waals surface area contributed by atoms with Crippen molar-refractivity contribution in [1.29, 1.82) is 0 Å². The summed E-state index contributed by atoms with van der Waals surface area (Å²) in [6, 6.07) is 18.6. The van der Waals surface area contributed by atoms with Crippen molar-refractivity contribution >= 4 is 29.7 Å². The van der Waals surface area contributed by atoms with Gasteiger partial charge in [0.25, 0.3) is 11.6 Å². The minimum absolute atomic E-state index is 0.0178. The molecular formula is C26H24N4O7. The first kappa shape index (κ1) is 26.5. The zero-order chi connectivity index (χ0) is 26.6. The van der Waals surface area contributed by atoms with Crippen molar-refractivity contribution < 1.29 is 28.8 Å². The number of nitro groups is 1. The summed E-state index contributed by atoms with van der Waals surface area (Å²) in [4.78, 5) is 46.7. The van der Waals surface area contributed by atoms with E-state index in [1.165, 1.54) is 37.6 Å². The van der Waals surface area contributed by atoms with Gasteiger partial charge in [0.1, 0.15) is 0 Å². The van der Waals surface area contributed by atoms with Gasteiger partial charge in [0, 0.05) is 30.7 Å². The number of amides is 2. The predicted molar refractivity (Wildman–Crippen MR) is 135 cm³/mol. The van der Waals surface area contributed by atoms with Crippen LogP contribution in [0.25, 0.3) is 0 Å². The number of carbonyl (C=O) groups is 3. The summed E-state index contributed by atoms with van der Waals surface area (Å²) in [5, 5.41) is 17.6. The lowest BCUT2D eigenvalue weighted by atomic mass is 10.2. The van der Waals surface area contributed by atoms with E-state index in [2.05, 4.69) is 15.8 Å². The Hall–Kier alpha value is -5.06. The number of rotatable bonds is 11. The number of carbonyl (C=O) groups excluding carboxylic acids is 3. The molecule has 3 rings (SSSR count). The molecule has 2 N–H and O–H groups in total. The van der Waals surface area contributed by atoms with Crippen LogP contribution in [0.15, 0.2) is 77.9 Å².